The van der Waals surface area contributed by atoms with E-state index in [0.717, 1.165) is 12.8 Å². The van der Waals surface area contributed by atoms with Crippen molar-refractivity contribution in [1.82, 2.24) is 0 Å². The molecule has 0 fully saturated rings. The third-order valence-corrected chi connectivity index (χ3v) is 2.17. The van der Waals surface area contributed by atoms with Crippen LogP contribution in [0.4, 0.5) is 0 Å². The van der Waals surface area contributed by atoms with E-state index in [1.165, 1.54) is 0 Å². The van der Waals surface area contributed by atoms with Crippen LogP contribution in [-0.4, -0.2) is 12.0 Å². The van der Waals surface area contributed by atoms with Gasteiger partial charge in [0.1, 0.15) is 0 Å². The molecule has 0 aromatic heterocycles. The molecule has 0 atom stereocenters. The maximum atomic E-state index is 10.6. The van der Waals surface area contributed by atoms with Gasteiger partial charge in [0.2, 0.25) is 7.44 Å². The van der Waals surface area contributed by atoms with Crippen molar-refractivity contribution in [2.75, 3.05) is 12.0 Å². The van der Waals surface area contributed by atoms with Gasteiger partial charge in [-0.05, 0) is 12.8 Å². The van der Waals surface area contributed by atoms with E-state index in [4.69, 9.17) is 22.6 Å². The van der Waals surface area contributed by atoms with E-state index >= 15 is 0 Å². The van der Waals surface area contributed by atoms with Crippen molar-refractivity contribution >= 4 is 19.0 Å². The fourth-order valence-corrected chi connectivity index (χ4v) is 1.36. The molecule has 0 heterocycles. The number of nitrogens with two attached hydrogens (primary N) is 2. The first-order valence-electron chi connectivity index (χ1n) is 2.78. The SMILES string of the molecule is NP(N)(=O)CCCCCl. The van der Waals surface area contributed by atoms with E-state index in [0.29, 0.717) is 12.0 Å². The first kappa shape index (κ1) is 9.44. The quantitative estimate of drug-likeness (QED) is 0.377. The zero-order chi connectivity index (χ0) is 7.33. The Hall–Kier alpha value is 0.440. The summed E-state index contributed by atoms with van der Waals surface area (Å²) in [5, 5.41) is 0. The van der Waals surface area contributed by atoms with Crippen LogP contribution in [0, 0.1) is 0 Å². The Labute approximate surface area is 60.2 Å². The Morgan fingerprint density at radius 1 is 1.33 bits per heavy atom. The van der Waals surface area contributed by atoms with Crippen LogP contribution in [-0.2, 0) is 4.57 Å². The molecule has 0 amide bonds. The third kappa shape index (κ3) is 8.44. The predicted molar refractivity (Wildman–Crippen MR) is 40.8 cm³/mol. The summed E-state index contributed by atoms with van der Waals surface area (Å²) in [6.07, 6.45) is 1.99. The Bertz CT molecular complexity index is 113. The number of rotatable bonds is 4. The van der Waals surface area contributed by atoms with Crippen molar-refractivity contribution in [3.05, 3.63) is 0 Å². The zero-order valence-corrected chi connectivity index (χ0v) is 6.87. The second kappa shape index (κ2) is 4.29. The van der Waals surface area contributed by atoms with E-state index in [9.17, 15) is 4.57 Å². The lowest BCUT2D eigenvalue weighted by molar-refractivity contribution is 0.574. The van der Waals surface area contributed by atoms with E-state index in [-0.39, 0.29) is 0 Å². The predicted octanol–water partition coefficient (Wildman–Crippen LogP) is 1.12. The lowest BCUT2D eigenvalue weighted by atomic mass is 10.4. The van der Waals surface area contributed by atoms with Gasteiger partial charge in [0.05, 0.1) is 0 Å². The van der Waals surface area contributed by atoms with Gasteiger partial charge in [-0.2, -0.15) is 0 Å². The molecule has 5 heteroatoms. The highest BCUT2D eigenvalue weighted by Crippen LogP contribution is 2.25. The topological polar surface area (TPSA) is 69.1 Å². The fraction of sp³-hybridized carbons (Fsp3) is 1.00. The van der Waals surface area contributed by atoms with Crippen LogP contribution < -0.4 is 11.0 Å². The molecule has 0 aliphatic heterocycles. The summed E-state index contributed by atoms with van der Waals surface area (Å²) >= 11 is 5.36. The molecule has 0 radical (unpaired) electrons. The van der Waals surface area contributed by atoms with Gasteiger partial charge < -0.3 is 0 Å². The first-order valence-corrected chi connectivity index (χ1v) is 5.35. The number of hydrogen-bond donors (Lipinski definition) is 2. The second-order valence-corrected chi connectivity index (χ2v) is 4.51. The van der Waals surface area contributed by atoms with Gasteiger partial charge in [-0.3, -0.25) is 15.6 Å². The summed E-state index contributed by atoms with van der Waals surface area (Å²) in [6.45, 7) is 0. The van der Waals surface area contributed by atoms with Gasteiger partial charge in [0.15, 0.2) is 0 Å². The van der Waals surface area contributed by atoms with Crippen molar-refractivity contribution < 1.29 is 4.57 Å². The summed E-state index contributed by atoms with van der Waals surface area (Å²) in [5.41, 5.74) is 10.1. The molecule has 0 aromatic carbocycles. The average Bonchev–Trinajstić information content (AvgIpc) is 1.63. The second-order valence-electron chi connectivity index (χ2n) is 1.97. The van der Waals surface area contributed by atoms with Gasteiger partial charge in [0, 0.05) is 12.0 Å². The number of alkyl halides is 1. The van der Waals surface area contributed by atoms with E-state index < -0.39 is 7.44 Å². The highest BCUT2D eigenvalue weighted by Gasteiger charge is 2.05. The summed E-state index contributed by atoms with van der Waals surface area (Å²) in [4.78, 5) is 0. The number of hydrogen-bond acceptors (Lipinski definition) is 1. The first-order chi connectivity index (χ1) is 4.06. The monoisotopic (exact) mass is 170 g/mol. The van der Waals surface area contributed by atoms with Crippen LogP contribution in [0.5, 0.6) is 0 Å². The molecule has 0 rings (SSSR count). The highest BCUT2D eigenvalue weighted by atomic mass is 35.5. The standard InChI is InChI=1S/C4H12ClN2OP/c5-3-1-2-4-9(6,7)8/h1-4H2,(H4,6,7,8). The van der Waals surface area contributed by atoms with E-state index in [1.54, 1.807) is 0 Å². The van der Waals surface area contributed by atoms with Crippen molar-refractivity contribution in [3.63, 3.8) is 0 Å². The van der Waals surface area contributed by atoms with Crippen LogP contribution >= 0.6 is 19.0 Å². The fourth-order valence-electron chi connectivity index (χ4n) is 0.453. The minimum Gasteiger partial charge on any atom is -0.290 e. The molecule has 0 spiro atoms. The lowest BCUT2D eigenvalue weighted by Gasteiger charge is -2.02. The van der Waals surface area contributed by atoms with Crippen LogP contribution in [0.25, 0.3) is 0 Å². The minimum atomic E-state index is -2.75. The molecule has 0 saturated carbocycles. The molecule has 0 saturated heterocycles. The largest absolute Gasteiger partial charge is 0.290 e. The minimum absolute atomic E-state index is 0.403. The molecule has 9 heavy (non-hydrogen) atoms. The lowest BCUT2D eigenvalue weighted by Crippen LogP contribution is -2.08. The number of unbranched alkanes of at least 4 members (excludes halogenated alkanes) is 1. The summed E-state index contributed by atoms with van der Waals surface area (Å²) < 4.78 is 10.6. The van der Waals surface area contributed by atoms with Gasteiger partial charge in [-0.1, -0.05) is 0 Å². The molecule has 0 aliphatic rings. The summed E-state index contributed by atoms with van der Waals surface area (Å²) in [7, 11) is -2.75. The molecule has 56 valence electrons. The van der Waals surface area contributed by atoms with Crippen molar-refractivity contribution in [2.45, 2.75) is 12.8 Å². The van der Waals surface area contributed by atoms with Crippen molar-refractivity contribution in [2.24, 2.45) is 11.0 Å². The van der Waals surface area contributed by atoms with Crippen LogP contribution in [0.3, 0.4) is 0 Å². The molecule has 0 aromatic rings. The van der Waals surface area contributed by atoms with Crippen LogP contribution in [0.1, 0.15) is 12.8 Å². The Balaban J connectivity index is 3.18. The summed E-state index contributed by atoms with van der Waals surface area (Å²) in [5.74, 6) is 0.583. The Kier molecular flexibility index (Phi) is 4.50. The van der Waals surface area contributed by atoms with E-state index in [2.05, 4.69) is 0 Å². The van der Waals surface area contributed by atoms with Gasteiger partial charge >= 0.3 is 0 Å². The van der Waals surface area contributed by atoms with Gasteiger partial charge in [-0.15, -0.1) is 11.6 Å². The smallest absolute Gasteiger partial charge is 0.206 e. The Morgan fingerprint density at radius 2 is 1.89 bits per heavy atom. The van der Waals surface area contributed by atoms with Gasteiger partial charge in [-0.25, -0.2) is 0 Å². The van der Waals surface area contributed by atoms with Crippen LogP contribution in [0.15, 0.2) is 0 Å². The maximum absolute atomic E-state index is 10.6. The average molecular weight is 171 g/mol. The zero-order valence-electron chi connectivity index (χ0n) is 5.22. The molecule has 3 nitrogen and oxygen atoms in total. The van der Waals surface area contributed by atoms with Crippen molar-refractivity contribution in [3.8, 4) is 0 Å². The molecule has 0 aliphatic carbocycles. The summed E-state index contributed by atoms with van der Waals surface area (Å²) in [6, 6.07) is 0. The highest BCUT2D eigenvalue weighted by molar-refractivity contribution is 7.58. The van der Waals surface area contributed by atoms with Crippen LogP contribution in [0.2, 0.25) is 0 Å². The molecular formula is C4H12ClN2OP. The Morgan fingerprint density at radius 3 is 2.22 bits per heavy atom. The number of halogens is 1. The normalized spacial score (nSPS) is 11.9. The maximum Gasteiger partial charge on any atom is 0.206 e. The van der Waals surface area contributed by atoms with E-state index in [1.807, 2.05) is 0 Å². The molecular weight excluding hydrogens is 158 g/mol. The van der Waals surface area contributed by atoms with Crippen molar-refractivity contribution in [1.29, 1.82) is 0 Å². The molecule has 0 unspecified atom stereocenters. The van der Waals surface area contributed by atoms with Gasteiger partial charge in [0.25, 0.3) is 0 Å². The third-order valence-electron chi connectivity index (χ3n) is 0.891. The molecule has 0 bridgehead atoms. The molecule has 4 N–H and O–H groups in total.